The lowest BCUT2D eigenvalue weighted by Crippen LogP contribution is -2.12. The van der Waals surface area contributed by atoms with Crippen LogP contribution >= 0.6 is 11.6 Å². The van der Waals surface area contributed by atoms with Crippen LogP contribution in [0, 0.1) is 13.8 Å². The first kappa shape index (κ1) is 15.4. The number of nitrogens with one attached hydrogen (secondary N) is 2. The van der Waals surface area contributed by atoms with Crippen molar-refractivity contribution in [2.45, 2.75) is 13.8 Å². The van der Waals surface area contributed by atoms with Crippen LogP contribution in [-0.2, 0) is 0 Å². The first-order chi connectivity index (χ1) is 11.0. The lowest BCUT2D eigenvalue weighted by atomic mass is 10.1. The molecule has 1 amide bonds. The van der Waals surface area contributed by atoms with E-state index in [0.29, 0.717) is 22.0 Å². The summed E-state index contributed by atoms with van der Waals surface area (Å²) >= 11 is 6.16. The van der Waals surface area contributed by atoms with E-state index in [0.717, 1.165) is 22.2 Å². The van der Waals surface area contributed by atoms with Crippen molar-refractivity contribution in [3.8, 4) is 5.75 Å². The van der Waals surface area contributed by atoms with E-state index < -0.39 is 0 Å². The third-order valence-electron chi connectivity index (χ3n) is 3.99. The highest BCUT2D eigenvalue weighted by atomic mass is 35.5. The molecule has 23 heavy (non-hydrogen) atoms. The van der Waals surface area contributed by atoms with Gasteiger partial charge in [0.1, 0.15) is 5.75 Å². The zero-order chi connectivity index (χ0) is 16.6. The molecule has 0 fully saturated rings. The van der Waals surface area contributed by atoms with Crippen LogP contribution < -0.4 is 10.1 Å². The topological polar surface area (TPSA) is 54.1 Å². The van der Waals surface area contributed by atoms with E-state index in [4.69, 9.17) is 16.3 Å². The van der Waals surface area contributed by atoms with Crippen LogP contribution in [0.4, 0.5) is 5.69 Å². The van der Waals surface area contributed by atoms with Crippen molar-refractivity contribution in [3.63, 3.8) is 0 Å². The summed E-state index contributed by atoms with van der Waals surface area (Å²) in [6.45, 7) is 4.06. The molecule has 4 nitrogen and oxygen atoms in total. The number of rotatable bonds is 3. The fourth-order valence-electron chi connectivity index (χ4n) is 2.52. The average Bonchev–Trinajstić information content (AvgIpc) is 2.83. The summed E-state index contributed by atoms with van der Waals surface area (Å²) in [5, 5.41) is 4.32. The van der Waals surface area contributed by atoms with Gasteiger partial charge in [-0.2, -0.15) is 0 Å². The summed E-state index contributed by atoms with van der Waals surface area (Å²) in [5.74, 6) is 0.449. The SMILES string of the molecule is COc1ccc(NC(=O)c2ccc3[nH]c(C)c(C)c3c2)c(Cl)c1. The standard InChI is InChI=1S/C18H17ClN2O2/c1-10-11(2)20-16-6-4-12(8-14(10)16)18(22)21-17-7-5-13(23-3)9-15(17)19/h4-9,20H,1-3H3,(H,21,22). The number of aromatic nitrogens is 1. The van der Waals surface area contributed by atoms with Crippen molar-refractivity contribution < 1.29 is 9.53 Å². The maximum Gasteiger partial charge on any atom is 0.255 e. The van der Waals surface area contributed by atoms with E-state index in [9.17, 15) is 4.79 Å². The van der Waals surface area contributed by atoms with Gasteiger partial charge < -0.3 is 15.0 Å². The van der Waals surface area contributed by atoms with E-state index in [1.165, 1.54) is 0 Å². The number of methoxy groups -OCH3 is 1. The molecule has 5 heteroatoms. The van der Waals surface area contributed by atoms with E-state index in [2.05, 4.69) is 10.3 Å². The Bertz CT molecular complexity index is 899. The second-order valence-electron chi connectivity index (χ2n) is 5.44. The lowest BCUT2D eigenvalue weighted by Gasteiger charge is -2.09. The molecule has 1 heterocycles. The molecule has 2 aromatic carbocycles. The van der Waals surface area contributed by atoms with Gasteiger partial charge in [-0.05, 0) is 49.7 Å². The molecule has 3 rings (SSSR count). The minimum absolute atomic E-state index is 0.197. The molecule has 0 saturated carbocycles. The second kappa shape index (κ2) is 5.97. The van der Waals surface area contributed by atoms with Crippen molar-refractivity contribution in [1.29, 1.82) is 0 Å². The summed E-state index contributed by atoms with van der Waals surface area (Å²) < 4.78 is 5.10. The minimum atomic E-state index is -0.197. The van der Waals surface area contributed by atoms with Crippen LogP contribution in [0.2, 0.25) is 5.02 Å². The second-order valence-corrected chi connectivity index (χ2v) is 5.84. The smallest absolute Gasteiger partial charge is 0.255 e. The number of benzene rings is 2. The maximum atomic E-state index is 12.5. The van der Waals surface area contributed by atoms with E-state index in [1.807, 2.05) is 26.0 Å². The Morgan fingerprint density at radius 1 is 1.17 bits per heavy atom. The van der Waals surface area contributed by atoms with Crippen LogP contribution in [0.25, 0.3) is 10.9 Å². The Labute approximate surface area is 139 Å². The Kier molecular flexibility index (Phi) is 4.01. The molecule has 0 saturated heterocycles. The van der Waals surface area contributed by atoms with Gasteiger partial charge in [-0.25, -0.2) is 0 Å². The van der Waals surface area contributed by atoms with Gasteiger partial charge >= 0.3 is 0 Å². The number of hydrogen-bond acceptors (Lipinski definition) is 2. The number of H-pyrrole nitrogens is 1. The summed E-state index contributed by atoms with van der Waals surface area (Å²) in [4.78, 5) is 15.8. The molecule has 118 valence electrons. The molecule has 2 N–H and O–H groups in total. The Morgan fingerprint density at radius 2 is 1.96 bits per heavy atom. The van der Waals surface area contributed by atoms with Crippen molar-refractivity contribution >= 4 is 34.1 Å². The third kappa shape index (κ3) is 2.90. The highest BCUT2D eigenvalue weighted by Crippen LogP contribution is 2.28. The van der Waals surface area contributed by atoms with Crippen molar-refractivity contribution in [3.05, 3.63) is 58.2 Å². The van der Waals surface area contributed by atoms with Crippen LogP contribution in [0.15, 0.2) is 36.4 Å². The van der Waals surface area contributed by atoms with Crippen LogP contribution in [-0.4, -0.2) is 18.0 Å². The first-order valence-corrected chi connectivity index (χ1v) is 7.61. The normalized spacial score (nSPS) is 10.8. The highest BCUT2D eigenvalue weighted by molar-refractivity contribution is 6.34. The quantitative estimate of drug-likeness (QED) is 0.732. The molecule has 0 bridgehead atoms. The number of carbonyl (C=O) groups is 1. The number of carbonyl (C=O) groups excluding carboxylic acids is 1. The number of fused-ring (bicyclic) bond motifs is 1. The van der Waals surface area contributed by atoms with E-state index in [-0.39, 0.29) is 5.91 Å². The zero-order valence-corrected chi connectivity index (χ0v) is 13.9. The molecule has 0 atom stereocenters. The van der Waals surface area contributed by atoms with Gasteiger partial charge in [0.2, 0.25) is 0 Å². The molecule has 1 aromatic heterocycles. The predicted octanol–water partition coefficient (Wildman–Crippen LogP) is 4.70. The largest absolute Gasteiger partial charge is 0.497 e. The Hall–Kier alpha value is -2.46. The lowest BCUT2D eigenvalue weighted by molar-refractivity contribution is 0.102. The molecule has 0 radical (unpaired) electrons. The number of amides is 1. The average molecular weight is 329 g/mol. The highest BCUT2D eigenvalue weighted by Gasteiger charge is 2.12. The molecule has 0 aliphatic carbocycles. The number of ether oxygens (including phenoxy) is 1. The molecular formula is C18H17ClN2O2. The number of aryl methyl sites for hydroxylation is 2. The molecular weight excluding hydrogens is 312 g/mol. The fourth-order valence-corrected chi connectivity index (χ4v) is 2.74. The molecule has 0 spiro atoms. The minimum Gasteiger partial charge on any atom is -0.497 e. The van der Waals surface area contributed by atoms with Crippen LogP contribution in [0.3, 0.4) is 0 Å². The van der Waals surface area contributed by atoms with Crippen LogP contribution in [0.1, 0.15) is 21.6 Å². The van der Waals surface area contributed by atoms with Gasteiger partial charge in [-0.15, -0.1) is 0 Å². The number of halogens is 1. The maximum absolute atomic E-state index is 12.5. The Morgan fingerprint density at radius 3 is 2.65 bits per heavy atom. The molecule has 3 aromatic rings. The van der Waals surface area contributed by atoms with Crippen molar-refractivity contribution in [2.75, 3.05) is 12.4 Å². The van der Waals surface area contributed by atoms with Gasteiger partial charge in [0, 0.05) is 28.2 Å². The number of hydrogen-bond donors (Lipinski definition) is 2. The van der Waals surface area contributed by atoms with Gasteiger partial charge in [-0.3, -0.25) is 4.79 Å². The van der Waals surface area contributed by atoms with E-state index in [1.54, 1.807) is 31.4 Å². The van der Waals surface area contributed by atoms with Gasteiger partial charge in [0.25, 0.3) is 5.91 Å². The third-order valence-corrected chi connectivity index (χ3v) is 4.31. The molecule has 0 unspecified atom stereocenters. The zero-order valence-electron chi connectivity index (χ0n) is 13.2. The summed E-state index contributed by atoms with van der Waals surface area (Å²) in [5.41, 5.74) is 4.43. The predicted molar refractivity (Wildman–Crippen MR) is 93.7 cm³/mol. The summed E-state index contributed by atoms with van der Waals surface area (Å²) in [7, 11) is 1.57. The fraction of sp³-hybridized carbons (Fsp3) is 0.167. The van der Waals surface area contributed by atoms with Crippen molar-refractivity contribution in [1.82, 2.24) is 4.98 Å². The number of aromatic amines is 1. The van der Waals surface area contributed by atoms with E-state index >= 15 is 0 Å². The summed E-state index contributed by atoms with van der Waals surface area (Å²) in [6, 6.07) is 10.7. The van der Waals surface area contributed by atoms with Crippen LogP contribution in [0.5, 0.6) is 5.75 Å². The molecule has 0 aliphatic heterocycles. The van der Waals surface area contributed by atoms with Gasteiger partial charge in [0.05, 0.1) is 17.8 Å². The Balaban J connectivity index is 1.90. The summed E-state index contributed by atoms with van der Waals surface area (Å²) in [6.07, 6.45) is 0. The monoisotopic (exact) mass is 328 g/mol. The van der Waals surface area contributed by atoms with Gasteiger partial charge in [-0.1, -0.05) is 11.6 Å². The number of anilines is 1. The van der Waals surface area contributed by atoms with Gasteiger partial charge in [0.15, 0.2) is 0 Å². The molecule has 0 aliphatic rings. The first-order valence-electron chi connectivity index (χ1n) is 7.23. The van der Waals surface area contributed by atoms with Crippen molar-refractivity contribution in [2.24, 2.45) is 0 Å².